The van der Waals surface area contributed by atoms with Gasteiger partial charge in [-0.3, -0.25) is 9.59 Å². The number of Topliss-reactive ketones (excluding diaryl/α,β-unsaturated/α-hetero) is 1. The summed E-state index contributed by atoms with van der Waals surface area (Å²) < 4.78 is 1.63. The summed E-state index contributed by atoms with van der Waals surface area (Å²) in [5.41, 5.74) is 1.32. The van der Waals surface area contributed by atoms with Crippen LogP contribution in [0.1, 0.15) is 35.8 Å². The van der Waals surface area contributed by atoms with Crippen LogP contribution in [0.4, 0.5) is 0 Å². The predicted molar refractivity (Wildman–Crippen MR) is 68.3 cm³/mol. The van der Waals surface area contributed by atoms with Crippen LogP contribution >= 0.6 is 0 Å². The van der Waals surface area contributed by atoms with E-state index in [0.29, 0.717) is 5.39 Å². The van der Waals surface area contributed by atoms with Gasteiger partial charge in [-0.05, 0) is 31.9 Å². The highest BCUT2D eigenvalue weighted by Crippen LogP contribution is 2.35. The van der Waals surface area contributed by atoms with Gasteiger partial charge in [0.2, 0.25) is 0 Å². The van der Waals surface area contributed by atoms with Crippen molar-refractivity contribution in [3.8, 4) is 5.75 Å². The summed E-state index contributed by atoms with van der Waals surface area (Å²) in [6, 6.07) is 5.56. The number of aromatic nitrogens is 1. The van der Waals surface area contributed by atoms with Crippen molar-refractivity contribution in [2.45, 2.75) is 26.3 Å². The Morgan fingerprint density at radius 3 is 2.83 bits per heavy atom. The van der Waals surface area contributed by atoms with E-state index in [-0.39, 0.29) is 22.9 Å². The highest BCUT2D eigenvalue weighted by atomic mass is 16.3. The molecule has 2 heterocycles. The molecule has 0 bridgehead atoms. The van der Waals surface area contributed by atoms with Crippen LogP contribution in [0.25, 0.3) is 10.9 Å². The summed E-state index contributed by atoms with van der Waals surface area (Å²) in [6.45, 7) is 3.25. The SMILES string of the molecule is CC(=O)c1c(O)c2cccc3c2n(c1=O)C(C)C3. The minimum Gasteiger partial charge on any atom is -0.506 e. The molecular weight excluding hydrogens is 230 g/mol. The first-order valence-corrected chi connectivity index (χ1v) is 5.92. The molecule has 1 aromatic carbocycles. The normalized spacial score (nSPS) is 17.3. The van der Waals surface area contributed by atoms with E-state index in [1.165, 1.54) is 6.92 Å². The molecule has 1 aliphatic heterocycles. The van der Waals surface area contributed by atoms with Crippen molar-refractivity contribution in [3.05, 3.63) is 39.7 Å². The number of para-hydroxylation sites is 1. The minimum absolute atomic E-state index is 0.0242. The molecule has 0 spiro atoms. The molecule has 2 aromatic rings. The molecule has 0 saturated heterocycles. The largest absolute Gasteiger partial charge is 0.506 e. The molecule has 1 atom stereocenters. The van der Waals surface area contributed by atoms with E-state index in [0.717, 1.165) is 17.5 Å². The summed E-state index contributed by atoms with van der Waals surface area (Å²) in [6.07, 6.45) is 0.757. The van der Waals surface area contributed by atoms with E-state index in [4.69, 9.17) is 0 Å². The molecule has 1 aliphatic rings. The lowest BCUT2D eigenvalue weighted by Gasteiger charge is -2.12. The smallest absolute Gasteiger partial charge is 0.265 e. The molecule has 4 nitrogen and oxygen atoms in total. The number of hydrogen-bond donors (Lipinski definition) is 1. The van der Waals surface area contributed by atoms with Crippen molar-refractivity contribution in [2.75, 3.05) is 0 Å². The summed E-state index contributed by atoms with van der Waals surface area (Å²) in [7, 11) is 0. The van der Waals surface area contributed by atoms with Gasteiger partial charge in [0.05, 0.1) is 5.52 Å². The van der Waals surface area contributed by atoms with Gasteiger partial charge in [0.25, 0.3) is 5.56 Å². The average Bonchev–Trinajstić information content (AvgIpc) is 2.63. The third kappa shape index (κ3) is 1.20. The summed E-state index contributed by atoms with van der Waals surface area (Å²) in [5, 5.41) is 10.7. The van der Waals surface area contributed by atoms with Gasteiger partial charge in [-0.25, -0.2) is 0 Å². The van der Waals surface area contributed by atoms with Crippen LogP contribution in [0.2, 0.25) is 0 Å². The highest BCUT2D eigenvalue weighted by molar-refractivity contribution is 6.03. The lowest BCUT2D eigenvalue weighted by atomic mass is 10.1. The molecule has 0 fully saturated rings. The second kappa shape index (κ2) is 3.45. The fourth-order valence-corrected chi connectivity index (χ4v) is 2.84. The Hall–Kier alpha value is -2.10. The molecule has 0 radical (unpaired) electrons. The van der Waals surface area contributed by atoms with E-state index in [2.05, 4.69) is 0 Å². The summed E-state index contributed by atoms with van der Waals surface area (Å²) >= 11 is 0. The Labute approximate surface area is 103 Å². The highest BCUT2D eigenvalue weighted by Gasteiger charge is 2.27. The molecular formula is C14H13NO3. The fraction of sp³-hybridized carbons (Fsp3) is 0.286. The van der Waals surface area contributed by atoms with Crippen LogP contribution in [0.3, 0.4) is 0 Å². The van der Waals surface area contributed by atoms with E-state index in [9.17, 15) is 14.7 Å². The maximum absolute atomic E-state index is 12.3. The fourth-order valence-electron chi connectivity index (χ4n) is 2.84. The Bertz CT molecular complexity index is 743. The number of carbonyl (C=O) groups excluding carboxylic acids is 1. The molecule has 3 rings (SSSR count). The second-order valence-electron chi connectivity index (χ2n) is 4.82. The number of nitrogens with zero attached hydrogens (tertiary/aromatic N) is 1. The van der Waals surface area contributed by atoms with Gasteiger partial charge in [0, 0.05) is 11.4 Å². The zero-order valence-corrected chi connectivity index (χ0v) is 10.2. The quantitative estimate of drug-likeness (QED) is 0.779. The minimum atomic E-state index is -0.396. The molecule has 0 saturated carbocycles. The first-order valence-electron chi connectivity index (χ1n) is 5.92. The van der Waals surface area contributed by atoms with E-state index in [1.54, 1.807) is 10.6 Å². The van der Waals surface area contributed by atoms with Crippen LogP contribution in [-0.2, 0) is 6.42 Å². The van der Waals surface area contributed by atoms with Gasteiger partial charge < -0.3 is 9.67 Å². The molecule has 4 heteroatoms. The van der Waals surface area contributed by atoms with Crippen molar-refractivity contribution >= 4 is 16.7 Å². The first-order chi connectivity index (χ1) is 8.52. The van der Waals surface area contributed by atoms with Crippen molar-refractivity contribution in [1.82, 2.24) is 4.57 Å². The molecule has 1 N–H and O–H groups in total. The third-order valence-corrected chi connectivity index (χ3v) is 3.59. The maximum Gasteiger partial charge on any atom is 0.265 e. The monoisotopic (exact) mass is 243 g/mol. The Kier molecular flexibility index (Phi) is 2.11. The molecule has 1 aromatic heterocycles. The Balaban J connectivity index is 2.60. The zero-order valence-electron chi connectivity index (χ0n) is 10.2. The average molecular weight is 243 g/mol. The number of pyridine rings is 1. The lowest BCUT2D eigenvalue weighted by Crippen LogP contribution is -2.26. The Morgan fingerprint density at radius 2 is 2.17 bits per heavy atom. The molecule has 0 amide bonds. The summed E-state index contributed by atoms with van der Waals surface area (Å²) in [4.78, 5) is 23.9. The van der Waals surface area contributed by atoms with Gasteiger partial charge in [-0.2, -0.15) is 0 Å². The molecule has 1 unspecified atom stereocenters. The van der Waals surface area contributed by atoms with Gasteiger partial charge >= 0.3 is 0 Å². The number of hydrogen-bond acceptors (Lipinski definition) is 3. The van der Waals surface area contributed by atoms with Gasteiger partial charge in [0.1, 0.15) is 11.3 Å². The number of benzene rings is 1. The van der Waals surface area contributed by atoms with Crippen LogP contribution in [-0.4, -0.2) is 15.5 Å². The van der Waals surface area contributed by atoms with Crippen molar-refractivity contribution in [1.29, 1.82) is 0 Å². The van der Waals surface area contributed by atoms with Crippen molar-refractivity contribution in [3.63, 3.8) is 0 Å². The predicted octanol–water partition coefficient (Wildman–Crippen LogP) is 2.03. The van der Waals surface area contributed by atoms with Crippen molar-refractivity contribution < 1.29 is 9.90 Å². The van der Waals surface area contributed by atoms with Crippen LogP contribution in [0.15, 0.2) is 23.0 Å². The lowest BCUT2D eigenvalue weighted by molar-refractivity contribution is 0.101. The van der Waals surface area contributed by atoms with E-state index in [1.807, 2.05) is 19.1 Å². The number of rotatable bonds is 1. The molecule has 18 heavy (non-hydrogen) atoms. The van der Waals surface area contributed by atoms with Crippen LogP contribution in [0, 0.1) is 0 Å². The molecule has 0 aliphatic carbocycles. The molecule has 92 valence electrons. The third-order valence-electron chi connectivity index (χ3n) is 3.59. The van der Waals surface area contributed by atoms with E-state index >= 15 is 0 Å². The van der Waals surface area contributed by atoms with E-state index < -0.39 is 5.78 Å². The van der Waals surface area contributed by atoms with Crippen molar-refractivity contribution in [2.24, 2.45) is 0 Å². The van der Waals surface area contributed by atoms with Crippen LogP contribution in [0.5, 0.6) is 5.75 Å². The second-order valence-corrected chi connectivity index (χ2v) is 4.82. The van der Waals surface area contributed by atoms with Crippen LogP contribution < -0.4 is 5.56 Å². The topological polar surface area (TPSA) is 59.3 Å². The zero-order chi connectivity index (χ0) is 13.0. The van der Waals surface area contributed by atoms with Gasteiger partial charge in [0.15, 0.2) is 5.78 Å². The summed E-state index contributed by atoms with van der Waals surface area (Å²) in [5.74, 6) is -0.581. The van der Waals surface area contributed by atoms with Gasteiger partial charge in [-0.1, -0.05) is 12.1 Å². The standard InChI is InChI=1S/C14H13NO3/c1-7-6-9-4-3-5-10-12(9)15(7)14(18)11(8(2)16)13(10)17/h3-5,7,17H,6H2,1-2H3. The first kappa shape index (κ1) is 11.0. The maximum atomic E-state index is 12.3. The number of carbonyl (C=O) groups is 1. The van der Waals surface area contributed by atoms with Gasteiger partial charge in [-0.15, -0.1) is 0 Å². The Morgan fingerprint density at radius 1 is 1.44 bits per heavy atom. The number of aromatic hydroxyl groups is 1. The number of ketones is 1.